The SMILES string of the molecule is [2H]c1cc(C([2H])([2H])C(C)(C)C)cc(C([2H])([2H])[2H])c1-c1cc(-c2[c-]ccc3c2[se]c2c([2H])c(C#N)ccc23)ncc1C([2H])([2H])[2H].[CH3][Ge]([CH3])([CH3])[c]1ccc(-c2[c-]cccc2)nc1.[Ir]. The third-order valence-corrected chi connectivity index (χ3v) is 14.7. The number of aryl methyl sites for hydroxylation is 2. The van der Waals surface area contributed by atoms with Gasteiger partial charge >= 0.3 is 321 Å². The molecule has 7 aromatic rings. The van der Waals surface area contributed by atoms with Crippen LogP contribution in [-0.2, 0) is 26.5 Å². The van der Waals surface area contributed by atoms with Crippen LogP contribution in [0.4, 0.5) is 0 Å². The first-order valence-corrected chi connectivity index (χ1v) is 25.3. The molecule has 4 aromatic carbocycles. The number of rotatable bonds is 5. The van der Waals surface area contributed by atoms with Crippen LogP contribution in [0.1, 0.15) is 56.7 Å². The Balaban J connectivity index is 0.000000347. The molecule has 0 saturated heterocycles. The van der Waals surface area contributed by atoms with Crippen LogP contribution in [0.25, 0.3) is 52.9 Å². The molecule has 3 nitrogen and oxygen atoms in total. The Labute approximate surface area is 339 Å². The van der Waals surface area contributed by atoms with E-state index in [0.717, 1.165) is 30.6 Å². The molecule has 0 fully saturated rings. The van der Waals surface area contributed by atoms with E-state index < -0.39 is 53.3 Å². The minimum absolute atomic E-state index is 0. The van der Waals surface area contributed by atoms with Gasteiger partial charge in [-0.2, -0.15) is 0 Å². The van der Waals surface area contributed by atoms with Crippen molar-refractivity contribution in [3.63, 3.8) is 0 Å². The summed E-state index contributed by atoms with van der Waals surface area (Å²) in [6.45, 7) is -0.449. The summed E-state index contributed by atoms with van der Waals surface area (Å²) < 4.78 is 87.5. The Morgan fingerprint density at radius 2 is 1.69 bits per heavy atom. The summed E-state index contributed by atoms with van der Waals surface area (Å²) >= 11 is -2.11. The van der Waals surface area contributed by atoms with E-state index in [1.165, 1.54) is 28.8 Å². The summed E-state index contributed by atoms with van der Waals surface area (Å²) in [4.78, 5) is 9.00. The van der Waals surface area contributed by atoms with Crippen molar-refractivity contribution in [2.24, 2.45) is 5.41 Å². The molecule has 0 aliphatic rings. The number of benzene rings is 4. The Bertz CT molecular complexity index is 2770. The van der Waals surface area contributed by atoms with Gasteiger partial charge in [0.25, 0.3) is 0 Å². The molecule has 0 N–H and O–H groups in total. The van der Waals surface area contributed by atoms with Gasteiger partial charge in [-0.05, 0) is 0 Å². The molecule has 0 aliphatic carbocycles. The number of nitrogens with zero attached hydrogens (tertiary/aromatic N) is 3. The molecule has 259 valence electrons. The molecule has 51 heavy (non-hydrogen) atoms. The fourth-order valence-electron chi connectivity index (χ4n) is 5.50. The van der Waals surface area contributed by atoms with E-state index >= 15 is 0 Å². The van der Waals surface area contributed by atoms with Crippen LogP contribution in [0, 0.1) is 42.6 Å². The summed E-state index contributed by atoms with van der Waals surface area (Å²) in [5.41, 5.74) is 1.63. The molecule has 0 amide bonds. The summed E-state index contributed by atoms with van der Waals surface area (Å²) in [7, 11) is 0. The molecule has 7 rings (SSSR count). The minimum atomic E-state index is -2.79. The molecule has 0 unspecified atom stereocenters. The molecule has 3 aromatic heterocycles. The predicted molar refractivity (Wildman–Crippen MR) is 215 cm³/mol. The van der Waals surface area contributed by atoms with E-state index in [0.29, 0.717) is 11.3 Å². The number of aromatic nitrogens is 2. The Hall–Kier alpha value is -3.62. The Kier molecular flexibility index (Phi) is 8.46. The zero-order valence-corrected chi connectivity index (χ0v) is 35.4. The van der Waals surface area contributed by atoms with Crippen molar-refractivity contribution < 1.29 is 33.8 Å². The van der Waals surface area contributed by atoms with Gasteiger partial charge in [0.2, 0.25) is 0 Å². The van der Waals surface area contributed by atoms with E-state index in [1.807, 2.05) is 48.7 Å². The predicted octanol–water partition coefficient (Wildman–Crippen LogP) is 10.7. The van der Waals surface area contributed by atoms with Crippen molar-refractivity contribution in [1.82, 2.24) is 9.97 Å². The number of pyridine rings is 2. The quantitative estimate of drug-likeness (QED) is 0.128. The Morgan fingerprint density at radius 1 is 0.882 bits per heavy atom. The molecule has 6 heteroatoms. The fourth-order valence-corrected chi connectivity index (χ4v) is 10.2. The summed E-state index contributed by atoms with van der Waals surface area (Å²) in [6, 6.07) is 31.5. The molecule has 3 heterocycles. The second kappa shape index (κ2) is 16.0. The molecule has 1 radical (unpaired) electrons. The molecular weight excluding hydrogens is 926 g/mol. The fraction of sp³-hybridized carbons (Fsp3) is 0.222. The molecule has 0 spiro atoms. The zero-order chi connectivity index (χ0) is 44.2. The van der Waals surface area contributed by atoms with E-state index in [4.69, 9.17) is 13.7 Å². The average Bonchev–Trinajstić information content (AvgIpc) is 3.56. The Morgan fingerprint density at radius 3 is 2.35 bits per heavy atom. The van der Waals surface area contributed by atoms with Crippen molar-refractivity contribution >= 4 is 51.5 Å². The van der Waals surface area contributed by atoms with Crippen molar-refractivity contribution in [1.29, 1.82) is 5.26 Å². The van der Waals surface area contributed by atoms with Gasteiger partial charge in [0.05, 0.1) is 0 Å². The van der Waals surface area contributed by atoms with Crippen LogP contribution in [0.15, 0.2) is 103 Å². The molecule has 0 saturated carbocycles. The number of nitriles is 1. The molecule has 0 atom stereocenters. The van der Waals surface area contributed by atoms with E-state index in [9.17, 15) is 5.26 Å². The number of hydrogen-bond donors (Lipinski definition) is 0. The van der Waals surface area contributed by atoms with Crippen LogP contribution < -0.4 is 4.40 Å². The maximum atomic E-state index is 9.43. The second-order valence-electron chi connectivity index (χ2n) is 14.0. The maximum absolute atomic E-state index is 9.43. The maximum Gasteiger partial charge on any atom is 0 e. The summed E-state index contributed by atoms with van der Waals surface area (Å²) in [5, 5.41) is 11.1. The van der Waals surface area contributed by atoms with E-state index in [1.54, 1.807) is 32.9 Å². The van der Waals surface area contributed by atoms with Gasteiger partial charge in [0.1, 0.15) is 0 Å². The third kappa shape index (κ3) is 9.07. The number of hydrogen-bond acceptors (Lipinski definition) is 3. The van der Waals surface area contributed by atoms with E-state index in [2.05, 4.69) is 51.5 Å². The van der Waals surface area contributed by atoms with Crippen LogP contribution in [0.2, 0.25) is 17.3 Å². The van der Waals surface area contributed by atoms with Gasteiger partial charge in [0, 0.05) is 20.1 Å². The second-order valence-corrected chi connectivity index (χ2v) is 26.8. The van der Waals surface area contributed by atoms with Crippen molar-refractivity contribution in [2.75, 3.05) is 0 Å². The third-order valence-electron chi connectivity index (χ3n) is 7.98. The largest absolute Gasteiger partial charge is 0 e. The van der Waals surface area contributed by atoms with Crippen LogP contribution in [0.5, 0.6) is 0 Å². The van der Waals surface area contributed by atoms with Gasteiger partial charge in [-0.1, -0.05) is 0 Å². The standard InChI is InChI=1S/C31H27N2Se.C14H16GeN.Ir/c1-19-13-21(16-31(3,4)5)9-11-23(19)27-15-28(33-18-20(27)2)26-8-6-7-25-24-12-10-22(17-32)14-29(24)34-30(25)26;1-15(2,3)13-9-10-14(16-11-13)12-7-5-4-6-8-12;/h6-7,9-15,18H,16H2,1-5H3;4-7,9-11H,1-3H3;/q2*-1;/i1D3,2D3,11D,14D,16D2;;. The summed E-state index contributed by atoms with van der Waals surface area (Å²) in [5.74, 6) is 7.14. The normalized spacial score (nSPS) is 15.1. The van der Waals surface area contributed by atoms with Gasteiger partial charge in [-0.25, -0.2) is 0 Å². The van der Waals surface area contributed by atoms with Crippen LogP contribution >= 0.6 is 0 Å². The van der Waals surface area contributed by atoms with Gasteiger partial charge in [-0.15, -0.1) is 0 Å². The monoisotopic (exact) mass is 982 g/mol. The molecular formula is C45H43GeIrN3Se-2. The van der Waals surface area contributed by atoms with Crippen molar-refractivity contribution in [3.05, 3.63) is 138 Å². The van der Waals surface area contributed by atoms with Crippen LogP contribution in [-0.4, -0.2) is 37.7 Å². The topological polar surface area (TPSA) is 49.6 Å². The van der Waals surface area contributed by atoms with Gasteiger partial charge in [-0.3, -0.25) is 0 Å². The minimum Gasteiger partial charge on any atom is 0 e. The average molecular weight is 980 g/mol. The van der Waals surface area contributed by atoms with Crippen molar-refractivity contribution in [3.8, 4) is 39.7 Å². The van der Waals surface area contributed by atoms with Crippen molar-refractivity contribution in [2.45, 2.75) is 58.1 Å². The summed E-state index contributed by atoms with van der Waals surface area (Å²) in [6.07, 6.45) is 1.22. The number of fused-ring (bicyclic) bond motifs is 3. The van der Waals surface area contributed by atoms with Gasteiger partial charge < -0.3 is 0 Å². The first-order chi connectivity index (χ1) is 27.8. The molecule has 0 aliphatic heterocycles. The van der Waals surface area contributed by atoms with E-state index in [-0.39, 0.29) is 65.6 Å². The van der Waals surface area contributed by atoms with Gasteiger partial charge in [0.15, 0.2) is 0 Å². The first-order valence-electron chi connectivity index (χ1n) is 21.2. The van der Waals surface area contributed by atoms with Crippen LogP contribution in [0.3, 0.4) is 0 Å². The smallest absolute Gasteiger partial charge is 0 e. The molecule has 0 bridgehead atoms. The zero-order valence-electron chi connectivity index (χ0n) is 39.2. The first kappa shape index (κ1) is 27.1.